The largest absolute Gasteiger partial charge is 0.391 e. The van der Waals surface area contributed by atoms with Crippen LogP contribution in [0.15, 0.2) is 22.7 Å². The molecule has 0 aliphatic heterocycles. The molecule has 0 bridgehead atoms. The fraction of sp³-hybridized carbons (Fsp3) is 0.500. The van der Waals surface area contributed by atoms with Gasteiger partial charge in [-0.3, -0.25) is 4.79 Å². The van der Waals surface area contributed by atoms with Crippen LogP contribution in [0.1, 0.15) is 36.0 Å². The highest BCUT2D eigenvalue weighted by atomic mass is 79.9. The minimum Gasteiger partial charge on any atom is -0.391 e. The first-order chi connectivity index (χ1) is 8.63. The molecule has 0 heterocycles. The van der Waals surface area contributed by atoms with Crippen LogP contribution < -0.4 is 4.90 Å². The fourth-order valence-corrected chi connectivity index (χ4v) is 3.28. The van der Waals surface area contributed by atoms with Crippen molar-refractivity contribution >= 4 is 27.9 Å². The van der Waals surface area contributed by atoms with Gasteiger partial charge in [0.05, 0.1) is 17.8 Å². The van der Waals surface area contributed by atoms with Crippen LogP contribution in [-0.2, 0) is 0 Å². The molecule has 2 unspecified atom stereocenters. The monoisotopic (exact) mass is 311 g/mol. The average molecular weight is 312 g/mol. The van der Waals surface area contributed by atoms with Crippen molar-refractivity contribution in [1.82, 2.24) is 0 Å². The van der Waals surface area contributed by atoms with Crippen LogP contribution in [0.5, 0.6) is 0 Å². The van der Waals surface area contributed by atoms with Gasteiger partial charge in [0.2, 0.25) is 0 Å². The number of anilines is 1. The number of likely N-dealkylation sites (N-methyl/N-ethyl adjacent to an activating group) is 1. The molecule has 0 amide bonds. The fourth-order valence-electron chi connectivity index (χ4n) is 2.60. The second kappa shape index (κ2) is 5.85. The molecule has 1 fully saturated rings. The summed E-state index contributed by atoms with van der Waals surface area (Å²) in [5.41, 5.74) is 1.68. The van der Waals surface area contributed by atoms with E-state index < -0.39 is 0 Å². The summed E-state index contributed by atoms with van der Waals surface area (Å²) in [6.07, 6.45) is 4.73. The van der Waals surface area contributed by atoms with Crippen molar-refractivity contribution in [3.63, 3.8) is 0 Å². The summed E-state index contributed by atoms with van der Waals surface area (Å²) < 4.78 is 0.896. The number of hydrogen-bond donors (Lipinski definition) is 1. The van der Waals surface area contributed by atoms with E-state index in [0.29, 0.717) is 5.56 Å². The number of halogens is 1. The van der Waals surface area contributed by atoms with E-state index in [1.54, 1.807) is 6.07 Å². The van der Waals surface area contributed by atoms with Gasteiger partial charge in [0.15, 0.2) is 0 Å². The van der Waals surface area contributed by atoms with Gasteiger partial charge in [0.25, 0.3) is 0 Å². The number of aliphatic hydroxyl groups is 1. The third-order valence-electron chi connectivity index (χ3n) is 3.68. The minimum absolute atomic E-state index is 0.164. The van der Waals surface area contributed by atoms with Crippen LogP contribution in [0.3, 0.4) is 0 Å². The molecule has 0 saturated heterocycles. The van der Waals surface area contributed by atoms with E-state index in [1.165, 1.54) is 0 Å². The first-order valence-corrected chi connectivity index (χ1v) is 7.08. The van der Waals surface area contributed by atoms with Gasteiger partial charge in [-0.1, -0.05) is 12.8 Å². The minimum atomic E-state index is -0.263. The molecule has 0 aromatic heterocycles. The van der Waals surface area contributed by atoms with Gasteiger partial charge >= 0.3 is 0 Å². The second-order valence-electron chi connectivity index (χ2n) is 4.86. The maximum absolute atomic E-state index is 10.7. The highest BCUT2D eigenvalue weighted by Gasteiger charge is 2.27. The van der Waals surface area contributed by atoms with Gasteiger partial charge in [-0.25, -0.2) is 0 Å². The van der Waals surface area contributed by atoms with Gasteiger partial charge in [0, 0.05) is 17.1 Å². The molecule has 1 N–H and O–H groups in total. The molecule has 2 atom stereocenters. The van der Waals surface area contributed by atoms with Crippen LogP contribution >= 0.6 is 15.9 Å². The molecule has 1 aliphatic carbocycles. The van der Waals surface area contributed by atoms with Crippen molar-refractivity contribution in [3.05, 3.63) is 28.2 Å². The predicted octanol–water partition coefficient (Wildman–Crippen LogP) is 3.00. The zero-order valence-corrected chi connectivity index (χ0v) is 12.1. The Kier molecular flexibility index (Phi) is 4.40. The van der Waals surface area contributed by atoms with Crippen molar-refractivity contribution in [2.45, 2.75) is 37.8 Å². The molecule has 0 spiro atoms. The zero-order chi connectivity index (χ0) is 13.1. The molecular formula is C14H18BrNO2. The summed E-state index contributed by atoms with van der Waals surface area (Å²) in [5.74, 6) is 0. The molecule has 4 heteroatoms. The molecule has 1 aliphatic rings. The Balaban J connectivity index is 2.22. The number of aldehydes is 1. The third-order valence-corrected chi connectivity index (χ3v) is 4.31. The lowest BCUT2D eigenvalue weighted by Gasteiger charge is -2.37. The van der Waals surface area contributed by atoms with E-state index in [0.717, 1.165) is 42.1 Å². The van der Waals surface area contributed by atoms with Crippen LogP contribution in [-0.4, -0.2) is 30.6 Å². The number of benzene rings is 1. The quantitative estimate of drug-likeness (QED) is 0.872. The Labute approximate surface area is 116 Å². The Morgan fingerprint density at radius 2 is 2.11 bits per heavy atom. The normalized spacial score (nSPS) is 23.7. The van der Waals surface area contributed by atoms with E-state index in [9.17, 15) is 9.90 Å². The third kappa shape index (κ3) is 2.75. The van der Waals surface area contributed by atoms with E-state index in [2.05, 4.69) is 20.8 Å². The van der Waals surface area contributed by atoms with Gasteiger partial charge < -0.3 is 10.0 Å². The highest BCUT2D eigenvalue weighted by Crippen LogP contribution is 2.31. The topological polar surface area (TPSA) is 40.5 Å². The first-order valence-electron chi connectivity index (χ1n) is 6.29. The number of carbonyl (C=O) groups excluding carboxylic acids is 1. The Morgan fingerprint density at radius 3 is 2.72 bits per heavy atom. The second-order valence-corrected chi connectivity index (χ2v) is 5.71. The molecular weight excluding hydrogens is 294 g/mol. The van der Waals surface area contributed by atoms with Gasteiger partial charge in [0.1, 0.15) is 6.29 Å². The Morgan fingerprint density at radius 1 is 1.39 bits per heavy atom. The zero-order valence-electron chi connectivity index (χ0n) is 10.5. The molecule has 0 radical (unpaired) electrons. The van der Waals surface area contributed by atoms with E-state index >= 15 is 0 Å². The molecule has 3 nitrogen and oxygen atoms in total. The smallest absolute Gasteiger partial charge is 0.150 e. The van der Waals surface area contributed by atoms with Gasteiger partial charge in [-0.05, 0) is 47.0 Å². The van der Waals surface area contributed by atoms with E-state index in [1.807, 2.05) is 19.2 Å². The average Bonchev–Trinajstić information content (AvgIpc) is 2.38. The highest BCUT2D eigenvalue weighted by molar-refractivity contribution is 9.10. The lowest BCUT2D eigenvalue weighted by Crippen LogP contribution is -2.43. The Bertz CT molecular complexity index is 436. The number of nitrogens with zero attached hydrogens (tertiary/aromatic N) is 1. The summed E-state index contributed by atoms with van der Waals surface area (Å²) in [5, 5.41) is 10.1. The predicted molar refractivity (Wildman–Crippen MR) is 76.2 cm³/mol. The van der Waals surface area contributed by atoms with Gasteiger partial charge in [-0.15, -0.1) is 0 Å². The molecule has 98 valence electrons. The molecule has 1 aromatic rings. The Hall–Kier alpha value is -0.870. The summed E-state index contributed by atoms with van der Waals surface area (Å²) >= 11 is 3.49. The van der Waals surface area contributed by atoms with Crippen LogP contribution in [0.4, 0.5) is 5.69 Å². The lowest BCUT2D eigenvalue weighted by molar-refractivity contribution is 0.106. The van der Waals surface area contributed by atoms with Crippen LogP contribution in [0.25, 0.3) is 0 Å². The van der Waals surface area contributed by atoms with Crippen LogP contribution in [0, 0.1) is 0 Å². The van der Waals surface area contributed by atoms with Crippen molar-refractivity contribution < 1.29 is 9.90 Å². The summed E-state index contributed by atoms with van der Waals surface area (Å²) in [7, 11) is 2.00. The maximum Gasteiger partial charge on any atom is 0.150 e. The summed E-state index contributed by atoms with van der Waals surface area (Å²) in [4.78, 5) is 12.8. The van der Waals surface area contributed by atoms with Gasteiger partial charge in [-0.2, -0.15) is 0 Å². The van der Waals surface area contributed by atoms with E-state index in [-0.39, 0.29) is 12.1 Å². The molecule has 2 rings (SSSR count). The standard InChI is InChI=1S/C14H18BrNO2/c1-16(13-4-2-3-5-14(13)18)12-7-6-10(9-17)8-11(12)15/h6-9,13-14,18H,2-5H2,1H3. The number of carbonyl (C=O) groups is 1. The lowest BCUT2D eigenvalue weighted by atomic mass is 9.91. The maximum atomic E-state index is 10.7. The SMILES string of the molecule is CN(c1ccc(C=O)cc1Br)C1CCCCC1O. The molecule has 1 saturated carbocycles. The van der Waals surface area contributed by atoms with E-state index in [4.69, 9.17) is 0 Å². The van der Waals surface area contributed by atoms with Crippen molar-refractivity contribution in [2.24, 2.45) is 0 Å². The van der Waals surface area contributed by atoms with Crippen LogP contribution in [0.2, 0.25) is 0 Å². The number of hydrogen-bond acceptors (Lipinski definition) is 3. The molecule has 1 aromatic carbocycles. The summed E-state index contributed by atoms with van der Waals surface area (Å²) in [6, 6.07) is 5.71. The first kappa shape index (κ1) is 13.6. The van der Waals surface area contributed by atoms with Crippen molar-refractivity contribution in [2.75, 3.05) is 11.9 Å². The van der Waals surface area contributed by atoms with Crippen molar-refractivity contribution in [1.29, 1.82) is 0 Å². The number of aliphatic hydroxyl groups excluding tert-OH is 1. The van der Waals surface area contributed by atoms with Crippen molar-refractivity contribution in [3.8, 4) is 0 Å². The number of rotatable bonds is 3. The molecule has 18 heavy (non-hydrogen) atoms. The summed E-state index contributed by atoms with van der Waals surface area (Å²) in [6.45, 7) is 0.